The topological polar surface area (TPSA) is 49.3 Å². The fourth-order valence-corrected chi connectivity index (χ4v) is 1.17. The Balaban J connectivity index is 2.74. The summed E-state index contributed by atoms with van der Waals surface area (Å²) in [6.07, 6.45) is 0.443. The zero-order chi connectivity index (χ0) is 13.1. The lowest BCUT2D eigenvalue weighted by Crippen LogP contribution is -2.40. The minimum Gasteiger partial charge on any atom is -0.388 e. The van der Waals surface area contributed by atoms with E-state index in [1.165, 1.54) is 12.1 Å². The minimum absolute atomic E-state index is 0.0156. The monoisotopic (exact) mass is 243 g/mol. The van der Waals surface area contributed by atoms with E-state index < -0.39 is 23.1 Å². The third-order valence-electron chi connectivity index (χ3n) is 2.59. The molecular weight excluding hydrogens is 228 g/mol. The molecule has 5 heteroatoms. The Bertz CT molecular complexity index is 419. The number of amides is 1. The summed E-state index contributed by atoms with van der Waals surface area (Å²) in [6.45, 7) is 3.29. The SMILES string of the molecule is CCC(C)(O)CNC(=O)c1cccc(F)c1F. The van der Waals surface area contributed by atoms with E-state index in [0.717, 1.165) is 6.07 Å². The highest BCUT2D eigenvalue weighted by atomic mass is 19.2. The Hall–Kier alpha value is -1.49. The standard InChI is InChI=1S/C12H15F2NO2/c1-3-12(2,17)7-15-11(16)8-5-4-6-9(13)10(8)14/h4-6,17H,3,7H2,1-2H3,(H,15,16). The summed E-state index contributed by atoms with van der Waals surface area (Å²) in [5.74, 6) is -2.99. The van der Waals surface area contributed by atoms with Crippen molar-refractivity contribution in [1.29, 1.82) is 0 Å². The predicted octanol–water partition coefficient (Wildman–Crippen LogP) is 1.86. The van der Waals surface area contributed by atoms with E-state index >= 15 is 0 Å². The first-order valence-corrected chi connectivity index (χ1v) is 5.32. The zero-order valence-electron chi connectivity index (χ0n) is 9.76. The Labute approximate surface area is 98.5 Å². The Morgan fingerprint density at radius 1 is 1.47 bits per heavy atom. The van der Waals surface area contributed by atoms with Crippen molar-refractivity contribution >= 4 is 5.91 Å². The molecule has 2 N–H and O–H groups in total. The smallest absolute Gasteiger partial charge is 0.254 e. The number of carbonyl (C=O) groups excluding carboxylic acids is 1. The summed E-state index contributed by atoms with van der Waals surface area (Å²) < 4.78 is 26.1. The molecule has 0 bridgehead atoms. The summed E-state index contributed by atoms with van der Waals surface area (Å²) in [5, 5.41) is 12.0. The molecule has 1 aromatic carbocycles. The third-order valence-corrected chi connectivity index (χ3v) is 2.59. The van der Waals surface area contributed by atoms with Gasteiger partial charge in [-0.15, -0.1) is 0 Å². The van der Waals surface area contributed by atoms with Crippen LogP contribution in [0.15, 0.2) is 18.2 Å². The molecule has 0 fully saturated rings. The van der Waals surface area contributed by atoms with Crippen LogP contribution in [0.25, 0.3) is 0 Å². The van der Waals surface area contributed by atoms with Crippen molar-refractivity contribution in [3.63, 3.8) is 0 Å². The van der Waals surface area contributed by atoms with E-state index in [2.05, 4.69) is 5.32 Å². The van der Waals surface area contributed by atoms with Gasteiger partial charge in [0.1, 0.15) is 0 Å². The molecule has 1 aromatic rings. The molecule has 0 aliphatic heterocycles. The Morgan fingerprint density at radius 2 is 2.12 bits per heavy atom. The molecule has 1 rings (SSSR count). The van der Waals surface area contributed by atoms with Gasteiger partial charge in [0.25, 0.3) is 5.91 Å². The summed E-state index contributed by atoms with van der Waals surface area (Å²) >= 11 is 0. The summed E-state index contributed by atoms with van der Waals surface area (Å²) in [7, 11) is 0. The summed E-state index contributed by atoms with van der Waals surface area (Å²) in [4.78, 5) is 11.6. The van der Waals surface area contributed by atoms with Gasteiger partial charge in [-0.05, 0) is 25.5 Å². The van der Waals surface area contributed by atoms with E-state index in [1.807, 2.05) is 0 Å². The van der Waals surface area contributed by atoms with Gasteiger partial charge < -0.3 is 10.4 Å². The van der Waals surface area contributed by atoms with Crippen LogP contribution in [-0.4, -0.2) is 23.2 Å². The second kappa shape index (κ2) is 5.23. The summed E-state index contributed by atoms with van der Waals surface area (Å²) in [6, 6.07) is 3.38. The second-order valence-electron chi connectivity index (χ2n) is 4.13. The maximum absolute atomic E-state index is 13.3. The van der Waals surface area contributed by atoms with Crippen molar-refractivity contribution in [3.8, 4) is 0 Å². The zero-order valence-corrected chi connectivity index (χ0v) is 9.76. The van der Waals surface area contributed by atoms with E-state index in [-0.39, 0.29) is 12.1 Å². The van der Waals surface area contributed by atoms with Gasteiger partial charge in [0, 0.05) is 6.54 Å². The number of rotatable bonds is 4. The van der Waals surface area contributed by atoms with E-state index in [1.54, 1.807) is 13.8 Å². The van der Waals surface area contributed by atoms with Gasteiger partial charge >= 0.3 is 0 Å². The van der Waals surface area contributed by atoms with Gasteiger partial charge in [-0.2, -0.15) is 0 Å². The maximum Gasteiger partial charge on any atom is 0.254 e. The van der Waals surface area contributed by atoms with Gasteiger partial charge in [0.05, 0.1) is 11.2 Å². The highest BCUT2D eigenvalue weighted by Gasteiger charge is 2.20. The molecule has 0 saturated carbocycles. The van der Waals surface area contributed by atoms with Crippen LogP contribution in [0.3, 0.4) is 0 Å². The van der Waals surface area contributed by atoms with Crippen LogP contribution >= 0.6 is 0 Å². The minimum atomic E-state index is -1.18. The Morgan fingerprint density at radius 3 is 2.71 bits per heavy atom. The van der Waals surface area contributed by atoms with Crippen molar-refractivity contribution in [3.05, 3.63) is 35.4 Å². The van der Waals surface area contributed by atoms with Crippen LogP contribution in [0.2, 0.25) is 0 Å². The first kappa shape index (κ1) is 13.6. The first-order valence-electron chi connectivity index (χ1n) is 5.32. The van der Waals surface area contributed by atoms with Crippen LogP contribution in [0, 0.1) is 11.6 Å². The number of hydrogen-bond donors (Lipinski definition) is 2. The lowest BCUT2D eigenvalue weighted by molar-refractivity contribution is 0.0517. The molecule has 1 atom stereocenters. The number of benzene rings is 1. The lowest BCUT2D eigenvalue weighted by Gasteiger charge is -2.21. The molecule has 1 amide bonds. The molecule has 0 saturated heterocycles. The van der Waals surface area contributed by atoms with Crippen molar-refractivity contribution in [2.24, 2.45) is 0 Å². The van der Waals surface area contributed by atoms with Crippen LogP contribution in [0.1, 0.15) is 30.6 Å². The van der Waals surface area contributed by atoms with Crippen LogP contribution in [0.5, 0.6) is 0 Å². The number of aliphatic hydroxyl groups is 1. The average Bonchev–Trinajstić information content (AvgIpc) is 2.30. The number of carbonyl (C=O) groups is 1. The molecular formula is C12H15F2NO2. The van der Waals surface area contributed by atoms with Crippen LogP contribution in [-0.2, 0) is 0 Å². The fraction of sp³-hybridized carbons (Fsp3) is 0.417. The second-order valence-corrected chi connectivity index (χ2v) is 4.13. The molecule has 0 radical (unpaired) electrons. The molecule has 17 heavy (non-hydrogen) atoms. The van der Waals surface area contributed by atoms with Gasteiger partial charge in [0.15, 0.2) is 11.6 Å². The van der Waals surface area contributed by atoms with Crippen molar-refractivity contribution < 1.29 is 18.7 Å². The molecule has 0 spiro atoms. The number of nitrogens with one attached hydrogen (secondary N) is 1. The largest absolute Gasteiger partial charge is 0.388 e. The van der Waals surface area contributed by atoms with Gasteiger partial charge in [0.2, 0.25) is 0 Å². The maximum atomic E-state index is 13.3. The fourth-order valence-electron chi connectivity index (χ4n) is 1.17. The predicted molar refractivity (Wildman–Crippen MR) is 59.6 cm³/mol. The van der Waals surface area contributed by atoms with Crippen LogP contribution < -0.4 is 5.32 Å². The quantitative estimate of drug-likeness (QED) is 0.848. The van der Waals surface area contributed by atoms with Gasteiger partial charge in [-0.25, -0.2) is 8.78 Å². The van der Waals surface area contributed by atoms with Crippen molar-refractivity contribution in [2.45, 2.75) is 25.9 Å². The third kappa shape index (κ3) is 3.49. The molecule has 0 heterocycles. The first-order chi connectivity index (χ1) is 7.87. The molecule has 3 nitrogen and oxygen atoms in total. The normalized spacial score (nSPS) is 14.2. The lowest BCUT2D eigenvalue weighted by atomic mass is 10.0. The highest BCUT2D eigenvalue weighted by molar-refractivity contribution is 5.94. The number of hydrogen-bond acceptors (Lipinski definition) is 2. The Kier molecular flexibility index (Phi) is 4.17. The van der Waals surface area contributed by atoms with E-state index in [4.69, 9.17) is 0 Å². The van der Waals surface area contributed by atoms with Crippen molar-refractivity contribution in [1.82, 2.24) is 5.32 Å². The van der Waals surface area contributed by atoms with Crippen LogP contribution in [0.4, 0.5) is 8.78 Å². The molecule has 1 unspecified atom stereocenters. The van der Waals surface area contributed by atoms with Gasteiger partial charge in [-0.1, -0.05) is 13.0 Å². The van der Waals surface area contributed by atoms with Crippen molar-refractivity contribution in [2.75, 3.05) is 6.54 Å². The average molecular weight is 243 g/mol. The molecule has 0 aliphatic carbocycles. The highest BCUT2D eigenvalue weighted by Crippen LogP contribution is 2.12. The van der Waals surface area contributed by atoms with E-state index in [9.17, 15) is 18.7 Å². The molecule has 0 aliphatic rings. The molecule has 0 aromatic heterocycles. The summed E-state index contributed by atoms with van der Waals surface area (Å²) in [5.41, 5.74) is -1.42. The molecule has 94 valence electrons. The number of halogens is 2. The van der Waals surface area contributed by atoms with E-state index in [0.29, 0.717) is 6.42 Å². The van der Waals surface area contributed by atoms with Gasteiger partial charge in [-0.3, -0.25) is 4.79 Å².